The molecular formula is C31H30FN5O9. The summed E-state index contributed by atoms with van der Waals surface area (Å²) in [6.07, 6.45) is 4.97. The van der Waals surface area contributed by atoms with E-state index in [-0.39, 0.29) is 18.1 Å². The van der Waals surface area contributed by atoms with E-state index in [9.17, 15) is 33.9 Å². The molecule has 0 spiro atoms. The number of anilines is 1. The molecule has 2 aromatic carbocycles. The second-order valence-electron chi connectivity index (χ2n) is 10.7. The van der Waals surface area contributed by atoms with E-state index in [0.29, 0.717) is 35.3 Å². The van der Waals surface area contributed by atoms with Gasteiger partial charge in [-0.15, -0.1) is 6.42 Å². The lowest BCUT2D eigenvalue weighted by atomic mass is 10.0. The first-order chi connectivity index (χ1) is 21.8. The maximum Gasteiger partial charge on any atom is 0.326 e. The number of carboxylic acid groups (broad SMARTS) is 3. The van der Waals surface area contributed by atoms with Crippen LogP contribution in [-0.2, 0) is 25.6 Å². The van der Waals surface area contributed by atoms with E-state index in [1.54, 1.807) is 17.9 Å². The number of nitrogens with zero attached hydrogens (tertiary/aromatic N) is 2. The smallest absolute Gasteiger partial charge is 0.326 e. The van der Waals surface area contributed by atoms with Gasteiger partial charge in [0, 0.05) is 12.1 Å². The number of nitrogens with one attached hydrogen (secondary N) is 3. The zero-order valence-corrected chi connectivity index (χ0v) is 24.5. The van der Waals surface area contributed by atoms with Gasteiger partial charge in [0.1, 0.15) is 23.7 Å². The van der Waals surface area contributed by atoms with Gasteiger partial charge in [0.05, 0.1) is 35.5 Å². The number of H-pyrrole nitrogens is 1. The molecule has 0 saturated carbocycles. The van der Waals surface area contributed by atoms with Crippen LogP contribution in [0.3, 0.4) is 0 Å². The summed E-state index contributed by atoms with van der Waals surface area (Å²) in [5.41, 5.74) is 1.96. The highest BCUT2D eigenvalue weighted by molar-refractivity contribution is 5.97. The van der Waals surface area contributed by atoms with Crippen molar-refractivity contribution in [3.05, 3.63) is 69.0 Å². The number of amides is 2. The Bertz CT molecular complexity index is 1830. The summed E-state index contributed by atoms with van der Waals surface area (Å²) in [6, 6.07) is 3.66. The highest BCUT2D eigenvalue weighted by atomic mass is 19.1. The van der Waals surface area contributed by atoms with Crippen LogP contribution in [0.1, 0.15) is 59.0 Å². The number of terminal acetylenes is 1. The SMILES string of the molecule is C#CCN(c1ccc(C(=O)N[C@@H](CCC(=O)N[C@H](CC(=O)O)C(=O)O)C(=O)O)c(F)c1)C1CCc2cc3nc(C)[nH]c(=O)c3cc21. The topological polar surface area (TPSA) is 219 Å². The van der Waals surface area contributed by atoms with Gasteiger partial charge in [-0.25, -0.2) is 19.0 Å². The Morgan fingerprint density at radius 3 is 2.46 bits per heavy atom. The number of hydrogen-bond acceptors (Lipinski definition) is 8. The third-order valence-electron chi connectivity index (χ3n) is 7.57. The van der Waals surface area contributed by atoms with E-state index in [0.717, 1.165) is 17.2 Å². The largest absolute Gasteiger partial charge is 0.481 e. The highest BCUT2D eigenvalue weighted by Crippen LogP contribution is 2.39. The molecule has 240 valence electrons. The second kappa shape index (κ2) is 13.9. The van der Waals surface area contributed by atoms with E-state index >= 15 is 4.39 Å². The van der Waals surface area contributed by atoms with E-state index in [2.05, 4.69) is 21.2 Å². The van der Waals surface area contributed by atoms with E-state index in [1.807, 2.05) is 11.4 Å². The standard InChI is InChI=1S/C31H30FN5O9/c1-3-10-37(25-8-4-16-11-23-20(13-19(16)25)29(42)34-15(2)33-23)17-5-6-18(21(32)12-17)28(41)36-22(30(43)44)7-9-26(38)35-24(31(45)46)14-27(39)40/h1,5-6,11-13,22,24-25H,4,7-10,14H2,2H3,(H,35,38)(H,36,41)(H,39,40)(H,43,44)(H,45,46)(H,33,34,42)/t22-,24+,25?/m0/s1. The number of aromatic nitrogens is 2. The van der Waals surface area contributed by atoms with Gasteiger partial charge in [-0.05, 0) is 67.6 Å². The van der Waals surface area contributed by atoms with Gasteiger partial charge in [0.15, 0.2) is 0 Å². The number of fused-ring (bicyclic) bond motifs is 2. The lowest BCUT2D eigenvalue weighted by Gasteiger charge is -2.30. The minimum Gasteiger partial charge on any atom is -0.481 e. The summed E-state index contributed by atoms with van der Waals surface area (Å²) in [7, 11) is 0. The molecule has 2 amide bonds. The molecule has 6 N–H and O–H groups in total. The van der Waals surface area contributed by atoms with Gasteiger partial charge < -0.3 is 35.8 Å². The van der Waals surface area contributed by atoms with Crippen LogP contribution in [0.25, 0.3) is 10.9 Å². The van der Waals surface area contributed by atoms with Gasteiger partial charge in [-0.3, -0.25) is 19.2 Å². The van der Waals surface area contributed by atoms with E-state index in [4.69, 9.17) is 16.6 Å². The molecule has 3 aromatic rings. The molecule has 0 radical (unpaired) electrons. The third-order valence-corrected chi connectivity index (χ3v) is 7.57. The van der Waals surface area contributed by atoms with Crippen LogP contribution in [0.5, 0.6) is 0 Å². The average molecular weight is 636 g/mol. The molecule has 0 aliphatic heterocycles. The zero-order chi connectivity index (χ0) is 33.7. The van der Waals surface area contributed by atoms with Crippen LogP contribution in [0.4, 0.5) is 10.1 Å². The number of aliphatic carboxylic acids is 3. The molecule has 1 heterocycles. The van der Waals surface area contributed by atoms with Crippen LogP contribution in [0.15, 0.2) is 35.1 Å². The molecule has 4 rings (SSSR count). The maximum atomic E-state index is 15.4. The Morgan fingerprint density at radius 1 is 1.11 bits per heavy atom. The molecule has 1 unspecified atom stereocenters. The molecule has 1 aliphatic carbocycles. The third kappa shape index (κ3) is 7.46. The van der Waals surface area contributed by atoms with Crippen molar-refractivity contribution in [2.24, 2.45) is 0 Å². The summed E-state index contributed by atoms with van der Waals surface area (Å²) in [6.45, 7) is 1.77. The lowest BCUT2D eigenvalue weighted by Crippen LogP contribution is -2.44. The van der Waals surface area contributed by atoms with Gasteiger partial charge >= 0.3 is 17.9 Å². The zero-order valence-electron chi connectivity index (χ0n) is 24.5. The Morgan fingerprint density at radius 2 is 1.83 bits per heavy atom. The van der Waals surface area contributed by atoms with Crippen molar-refractivity contribution in [3.63, 3.8) is 0 Å². The molecule has 14 nitrogen and oxygen atoms in total. The average Bonchev–Trinajstić information content (AvgIpc) is 3.38. The highest BCUT2D eigenvalue weighted by Gasteiger charge is 2.31. The number of carboxylic acids is 3. The lowest BCUT2D eigenvalue weighted by molar-refractivity contribution is -0.147. The number of rotatable bonds is 13. The van der Waals surface area contributed by atoms with Crippen LogP contribution >= 0.6 is 0 Å². The number of benzene rings is 2. The molecule has 3 atom stereocenters. The quantitative estimate of drug-likeness (QED) is 0.148. The number of carbonyl (C=O) groups is 5. The molecule has 0 saturated heterocycles. The Labute approximate surface area is 260 Å². The van der Waals surface area contributed by atoms with Crippen molar-refractivity contribution in [2.45, 2.75) is 57.2 Å². The molecule has 1 aliphatic rings. The number of hydrogen-bond donors (Lipinski definition) is 6. The van der Waals surface area contributed by atoms with Gasteiger partial charge in [-0.2, -0.15) is 0 Å². The van der Waals surface area contributed by atoms with Crippen LogP contribution in [0, 0.1) is 25.1 Å². The predicted molar refractivity (Wildman–Crippen MR) is 161 cm³/mol. The number of carbonyl (C=O) groups excluding carboxylic acids is 2. The molecule has 0 fully saturated rings. The fourth-order valence-corrected chi connectivity index (χ4v) is 5.42. The molecular weight excluding hydrogens is 605 g/mol. The van der Waals surface area contributed by atoms with Gasteiger partial charge in [0.2, 0.25) is 5.91 Å². The van der Waals surface area contributed by atoms with Crippen molar-refractivity contribution in [2.75, 3.05) is 11.4 Å². The van der Waals surface area contributed by atoms with Crippen molar-refractivity contribution in [1.82, 2.24) is 20.6 Å². The van der Waals surface area contributed by atoms with Crippen molar-refractivity contribution < 1.29 is 43.7 Å². The number of halogens is 1. The molecule has 1 aromatic heterocycles. The molecule has 0 bridgehead atoms. The van der Waals surface area contributed by atoms with E-state index < -0.39 is 72.4 Å². The maximum absolute atomic E-state index is 15.4. The first kappa shape index (κ1) is 33.1. The normalized spacial score (nSPS) is 14.8. The monoisotopic (exact) mass is 635 g/mol. The number of aromatic amines is 1. The number of aryl methyl sites for hydroxylation is 2. The summed E-state index contributed by atoms with van der Waals surface area (Å²) in [5.74, 6) is -4.53. The molecule has 15 heteroatoms. The Kier molecular flexibility index (Phi) is 10.0. The summed E-state index contributed by atoms with van der Waals surface area (Å²) < 4.78 is 15.4. The fraction of sp³-hybridized carbons (Fsp3) is 0.323. The van der Waals surface area contributed by atoms with Crippen LogP contribution in [-0.4, -0.2) is 73.6 Å². The predicted octanol–water partition coefficient (Wildman–Crippen LogP) is 1.51. The first-order valence-electron chi connectivity index (χ1n) is 14.1. The van der Waals surface area contributed by atoms with Crippen molar-refractivity contribution >= 4 is 46.3 Å². The van der Waals surface area contributed by atoms with Crippen LogP contribution < -0.4 is 21.1 Å². The van der Waals surface area contributed by atoms with Crippen molar-refractivity contribution in [3.8, 4) is 12.3 Å². The molecule has 46 heavy (non-hydrogen) atoms. The minimum atomic E-state index is -1.73. The fourth-order valence-electron chi connectivity index (χ4n) is 5.42. The van der Waals surface area contributed by atoms with Gasteiger partial charge in [0.25, 0.3) is 11.5 Å². The van der Waals surface area contributed by atoms with Gasteiger partial charge in [-0.1, -0.05) is 5.92 Å². The minimum absolute atomic E-state index is 0.0774. The Balaban J connectivity index is 1.49. The summed E-state index contributed by atoms with van der Waals surface area (Å²) >= 11 is 0. The second-order valence-corrected chi connectivity index (χ2v) is 10.7. The summed E-state index contributed by atoms with van der Waals surface area (Å²) in [5, 5.41) is 31.9. The Hall–Kier alpha value is -5.78. The van der Waals surface area contributed by atoms with Crippen LogP contribution in [0.2, 0.25) is 0 Å². The summed E-state index contributed by atoms with van der Waals surface area (Å²) in [4.78, 5) is 80.2. The van der Waals surface area contributed by atoms with E-state index in [1.165, 1.54) is 12.1 Å². The first-order valence-corrected chi connectivity index (χ1v) is 14.1. The van der Waals surface area contributed by atoms with Crippen molar-refractivity contribution in [1.29, 1.82) is 0 Å².